The molecule has 0 fully saturated rings. The lowest BCUT2D eigenvalue weighted by atomic mass is 10.0. The number of carbonyl (C=O) groups excluding carboxylic acids is 2. The zero-order valence-electron chi connectivity index (χ0n) is 22.8. The minimum atomic E-state index is -0.919. The Morgan fingerprint density at radius 1 is 0.559 bits per heavy atom. The van der Waals surface area contributed by atoms with Crippen LogP contribution in [0.1, 0.15) is 113 Å². The van der Waals surface area contributed by atoms with Crippen LogP contribution in [0.4, 0.5) is 4.79 Å². The summed E-state index contributed by atoms with van der Waals surface area (Å²) in [5, 5.41) is 0. The van der Waals surface area contributed by atoms with Crippen molar-refractivity contribution in [1.82, 2.24) is 0 Å². The fraction of sp³-hybridized carbons (Fsp3) is 0.600. The van der Waals surface area contributed by atoms with Crippen LogP contribution in [-0.4, -0.2) is 18.7 Å². The summed E-state index contributed by atoms with van der Waals surface area (Å²) >= 11 is 0. The number of allylic oxidation sites excluding steroid dienone is 10. The van der Waals surface area contributed by atoms with Gasteiger partial charge in [-0.2, -0.15) is 0 Å². The van der Waals surface area contributed by atoms with E-state index in [9.17, 15) is 9.59 Å². The number of carbonyl (C=O) groups is 2. The second-order valence-corrected chi connectivity index (χ2v) is 9.33. The molecular weight excluding hydrogens is 424 g/mol. The highest BCUT2D eigenvalue weighted by Crippen LogP contribution is 2.14. The Morgan fingerprint density at radius 2 is 0.971 bits per heavy atom. The van der Waals surface area contributed by atoms with Crippen LogP contribution in [0.25, 0.3) is 0 Å². The van der Waals surface area contributed by atoms with Gasteiger partial charge in [-0.05, 0) is 106 Å². The molecule has 0 aliphatic rings. The van der Waals surface area contributed by atoms with Crippen LogP contribution >= 0.6 is 0 Å². The van der Waals surface area contributed by atoms with E-state index in [1.54, 1.807) is 6.92 Å². The fourth-order valence-corrected chi connectivity index (χ4v) is 3.34. The van der Waals surface area contributed by atoms with Crippen LogP contribution in [0.5, 0.6) is 0 Å². The minimum absolute atomic E-state index is 0.187. The monoisotopic (exact) mass is 472 g/mol. The molecule has 4 nitrogen and oxygen atoms in total. The Morgan fingerprint density at radius 3 is 1.41 bits per heavy atom. The molecule has 0 aliphatic carbocycles. The van der Waals surface area contributed by atoms with Crippen molar-refractivity contribution in [2.75, 3.05) is 6.61 Å². The molecule has 0 aromatic heterocycles. The minimum Gasteiger partial charge on any atom is -0.434 e. The molecule has 0 N–H and O–H groups in total. The highest BCUT2D eigenvalue weighted by molar-refractivity contribution is 5.81. The van der Waals surface area contributed by atoms with Crippen LogP contribution in [0, 0.1) is 0 Å². The summed E-state index contributed by atoms with van der Waals surface area (Å²) in [6.07, 6.45) is 20.1. The van der Waals surface area contributed by atoms with E-state index in [0.717, 1.165) is 56.9 Å². The van der Waals surface area contributed by atoms with E-state index in [1.807, 2.05) is 6.92 Å². The van der Waals surface area contributed by atoms with Crippen LogP contribution < -0.4 is 0 Å². The first-order chi connectivity index (χ1) is 16.1. The molecule has 0 aromatic rings. The van der Waals surface area contributed by atoms with Gasteiger partial charge in [0, 0.05) is 6.42 Å². The molecule has 0 amide bonds. The van der Waals surface area contributed by atoms with Crippen molar-refractivity contribution in [2.24, 2.45) is 0 Å². The van der Waals surface area contributed by atoms with E-state index < -0.39 is 12.1 Å². The predicted molar refractivity (Wildman–Crippen MR) is 144 cm³/mol. The summed E-state index contributed by atoms with van der Waals surface area (Å²) in [6.45, 7) is 14.8. The van der Waals surface area contributed by atoms with Gasteiger partial charge in [-0.1, -0.05) is 58.2 Å². The second kappa shape index (κ2) is 20.1. The molecule has 192 valence electrons. The molecule has 0 spiro atoms. The highest BCUT2D eigenvalue weighted by Gasteiger charge is 2.10. The molecule has 0 unspecified atom stereocenters. The van der Waals surface area contributed by atoms with Crippen LogP contribution in [0.2, 0.25) is 0 Å². The standard InChI is InChI=1S/C30H48O4/c1-8-33-30(32)34-29(31)23-22-28(7)21-13-19-26(5)16-10-9-15-25(4)18-12-20-27(6)17-11-14-24(2)3/h14-16,20-21H,8-13,17-19,22-23H2,1-7H3/b25-15+,26-16+,27-20+,28-21+. The molecule has 0 saturated heterocycles. The average Bonchev–Trinajstić information content (AvgIpc) is 2.75. The van der Waals surface area contributed by atoms with Crippen molar-refractivity contribution in [3.63, 3.8) is 0 Å². The van der Waals surface area contributed by atoms with Gasteiger partial charge in [-0.3, -0.25) is 4.79 Å². The summed E-state index contributed by atoms with van der Waals surface area (Å²) in [5.41, 5.74) is 6.89. The maximum absolute atomic E-state index is 11.6. The Bertz CT molecular complexity index is 759. The van der Waals surface area contributed by atoms with E-state index in [1.165, 1.54) is 22.3 Å². The van der Waals surface area contributed by atoms with Gasteiger partial charge in [-0.15, -0.1) is 0 Å². The van der Waals surface area contributed by atoms with Crippen molar-refractivity contribution in [3.8, 4) is 0 Å². The quantitative estimate of drug-likeness (QED) is 0.0971. The maximum Gasteiger partial charge on any atom is 0.516 e. The topological polar surface area (TPSA) is 52.6 Å². The third-order valence-electron chi connectivity index (χ3n) is 5.49. The molecule has 0 bridgehead atoms. The lowest BCUT2D eigenvalue weighted by Crippen LogP contribution is -2.13. The molecule has 0 radical (unpaired) electrons. The van der Waals surface area contributed by atoms with Gasteiger partial charge in [0.25, 0.3) is 0 Å². The molecule has 4 heteroatoms. The van der Waals surface area contributed by atoms with Gasteiger partial charge >= 0.3 is 12.1 Å². The van der Waals surface area contributed by atoms with Gasteiger partial charge in [0.15, 0.2) is 0 Å². The zero-order chi connectivity index (χ0) is 25.8. The number of esters is 1. The first-order valence-corrected chi connectivity index (χ1v) is 12.8. The Labute approximate surface area is 208 Å². The highest BCUT2D eigenvalue weighted by atomic mass is 16.7. The molecule has 0 saturated carbocycles. The van der Waals surface area contributed by atoms with Crippen molar-refractivity contribution < 1.29 is 19.1 Å². The molecule has 0 rings (SSSR count). The van der Waals surface area contributed by atoms with Gasteiger partial charge in [0.05, 0.1) is 6.61 Å². The number of unbranched alkanes of at least 4 members (excludes halogenated alkanes) is 1. The fourth-order valence-electron chi connectivity index (χ4n) is 3.34. The van der Waals surface area contributed by atoms with Crippen LogP contribution in [0.15, 0.2) is 58.2 Å². The number of hydrogen-bond acceptors (Lipinski definition) is 4. The predicted octanol–water partition coefficient (Wildman–Crippen LogP) is 9.34. The summed E-state index contributed by atoms with van der Waals surface area (Å²) in [6, 6.07) is 0. The largest absolute Gasteiger partial charge is 0.516 e. The number of rotatable bonds is 16. The van der Waals surface area contributed by atoms with Gasteiger partial charge in [0.2, 0.25) is 0 Å². The molecular formula is C30H48O4. The summed E-state index contributed by atoms with van der Waals surface area (Å²) < 4.78 is 9.16. The smallest absolute Gasteiger partial charge is 0.434 e. The zero-order valence-corrected chi connectivity index (χ0v) is 22.8. The second-order valence-electron chi connectivity index (χ2n) is 9.33. The average molecular weight is 473 g/mol. The lowest BCUT2D eigenvalue weighted by molar-refractivity contribution is -0.139. The number of hydrogen-bond donors (Lipinski definition) is 0. The van der Waals surface area contributed by atoms with Gasteiger partial charge < -0.3 is 9.47 Å². The van der Waals surface area contributed by atoms with E-state index in [-0.39, 0.29) is 13.0 Å². The first kappa shape index (κ1) is 31.6. The summed E-state index contributed by atoms with van der Waals surface area (Å²) in [7, 11) is 0. The molecule has 0 aliphatic heterocycles. The molecule has 0 atom stereocenters. The SMILES string of the molecule is CCOC(=O)OC(=O)CC/C(C)=C/CC/C(C)=C/CC/C=C(\C)CC/C=C(\C)CCC=C(C)C. The van der Waals surface area contributed by atoms with E-state index in [4.69, 9.17) is 0 Å². The van der Waals surface area contributed by atoms with Crippen molar-refractivity contribution in [1.29, 1.82) is 0 Å². The third-order valence-corrected chi connectivity index (χ3v) is 5.49. The van der Waals surface area contributed by atoms with E-state index >= 15 is 0 Å². The van der Waals surface area contributed by atoms with Gasteiger partial charge in [0.1, 0.15) is 0 Å². The van der Waals surface area contributed by atoms with Crippen LogP contribution in [-0.2, 0) is 14.3 Å². The first-order valence-electron chi connectivity index (χ1n) is 12.8. The summed E-state index contributed by atoms with van der Waals surface area (Å²) in [5.74, 6) is -0.545. The van der Waals surface area contributed by atoms with Crippen molar-refractivity contribution >= 4 is 12.1 Å². The summed E-state index contributed by atoms with van der Waals surface area (Å²) in [4.78, 5) is 22.7. The Balaban J connectivity index is 4.10. The molecule has 0 heterocycles. The molecule has 34 heavy (non-hydrogen) atoms. The molecule has 0 aromatic carbocycles. The Hall–Kier alpha value is -2.36. The van der Waals surface area contributed by atoms with Gasteiger partial charge in [-0.25, -0.2) is 4.79 Å². The maximum atomic E-state index is 11.6. The Kier molecular flexibility index (Phi) is 18.7. The van der Waals surface area contributed by atoms with E-state index in [2.05, 4.69) is 74.5 Å². The third kappa shape index (κ3) is 20.3. The van der Waals surface area contributed by atoms with Crippen molar-refractivity contribution in [3.05, 3.63) is 58.2 Å². The normalized spacial score (nSPS) is 13.0. The lowest BCUT2D eigenvalue weighted by Gasteiger charge is -2.04. The van der Waals surface area contributed by atoms with Crippen LogP contribution in [0.3, 0.4) is 0 Å². The van der Waals surface area contributed by atoms with Crippen molar-refractivity contribution in [2.45, 2.75) is 113 Å². The van der Waals surface area contributed by atoms with E-state index in [0.29, 0.717) is 6.42 Å². The number of ether oxygens (including phenoxy) is 2.